The van der Waals surface area contributed by atoms with Crippen molar-refractivity contribution in [2.24, 2.45) is 5.41 Å². The Labute approximate surface area is 99.9 Å². The van der Waals surface area contributed by atoms with Crippen molar-refractivity contribution < 1.29 is 0 Å². The molecule has 1 atom stereocenters. The maximum atomic E-state index is 3.64. The Morgan fingerprint density at radius 2 is 2.21 bits per heavy atom. The van der Waals surface area contributed by atoms with Gasteiger partial charge in [0.2, 0.25) is 0 Å². The van der Waals surface area contributed by atoms with Crippen LogP contribution in [-0.4, -0.2) is 5.33 Å². The van der Waals surface area contributed by atoms with Crippen LogP contribution in [0.4, 0.5) is 0 Å². The molecule has 14 heavy (non-hydrogen) atoms. The molecular formula is C12H19BrS. The summed E-state index contributed by atoms with van der Waals surface area (Å²) in [7, 11) is 0. The number of rotatable bonds is 6. The maximum absolute atomic E-state index is 3.64. The smallest absolute Gasteiger partial charge is 0.00854 e. The van der Waals surface area contributed by atoms with E-state index in [1.54, 1.807) is 0 Å². The standard InChI is InChI=1S/C12H19BrS/c1-3-7-12(2,10-13)8-6-11-5-4-9-14-11/h4-5,9H,3,6-8,10H2,1-2H3. The predicted octanol–water partition coefficient (Wildman–Crippen LogP) is 4.88. The van der Waals surface area contributed by atoms with E-state index >= 15 is 0 Å². The Morgan fingerprint density at radius 3 is 2.71 bits per heavy atom. The molecule has 80 valence electrons. The number of hydrogen-bond donors (Lipinski definition) is 0. The largest absolute Gasteiger partial charge is 0.149 e. The topological polar surface area (TPSA) is 0 Å². The lowest BCUT2D eigenvalue weighted by molar-refractivity contribution is 0.316. The normalized spacial score (nSPS) is 15.4. The first kappa shape index (κ1) is 12.3. The van der Waals surface area contributed by atoms with Crippen LogP contribution in [-0.2, 0) is 6.42 Å². The van der Waals surface area contributed by atoms with E-state index in [1.165, 1.54) is 30.6 Å². The van der Waals surface area contributed by atoms with Crippen molar-refractivity contribution in [2.75, 3.05) is 5.33 Å². The molecule has 0 nitrogen and oxygen atoms in total. The molecule has 1 aromatic rings. The first-order valence-electron chi connectivity index (χ1n) is 5.28. The first-order chi connectivity index (χ1) is 6.70. The molecule has 0 amide bonds. The highest BCUT2D eigenvalue weighted by Gasteiger charge is 2.21. The lowest BCUT2D eigenvalue weighted by atomic mass is 9.83. The van der Waals surface area contributed by atoms with E-state index in [-0.39, 0.29) is 0 Å². The Kier molecular flexibility index (Phi) is 5.18. The van der Waals surface area contributed by atoms with Gasteiger partial charge < -0.3 is 0 Å². The lowest BCUT2D eigenvalue weighted by Gasteiger charge is -2.26. The fourth-order valence-corrected chi connectivity index (χ4v) is 3.01. The van der Waals surface area contributed by atoms with Crippen LogP contribution in [0.25, 0.3) is 0 Å². The summed E-state index contributed by atoms with van der Waals surface area (Å²) in [4.78, 5) is 1.52. The van der Waals surface area contributed by atoms with Gasteiger partial charge in [-0.15, -0.1) is 11.3 Å². The summed E-state index contributed by atoms with van der Waals surface area (Å²) in [6.07, 6.45) is 5.14. The second kappa shape index (κ2) is 5.92. The summed E-state index contributed by atoms with van der Waals surface area (Å²) in [5.41, 5.74) is 0.485. The first-order valence-corrected chi connectivity index (χ1v) is 7.28. The Balaban J connectivity index is 2.41. The number of aryl methyl sites for hydroxylation is 1. The van der Waals surface area contributed by atoms with Crippen LogP contribution < -0.4 is 0 Å². The Bertz CT molecular complexity index is 243. The molecule has 0 aliphatic rings. The fraction of sp³-hybridized carbons (Fsp3) is 0.667. The van der Waals surface area contributed by atoms with Crippen LogP contribution in [0.2, 0.25) is 0 Å². The molecule has 0 saturated heterocycles. The van der Waals surface area contributed by atoms with Crippen LogP contribution in [0.1, 0.15) is 38.0 Å². The van der Waals surface area contributed by atoms with Gasteiger partial charge in [0, 0.05) is 10.2 Å². The molecule has 0 spiro atoms. The molecule has 0 saturated carbocycles. The second-order valence-corrected chi connectivity index (χ2v) is 5.87. The van der Waals surface area contributed by atoms with Crippen LogP contribution >= 0.6 is 27.3 Å². The molecule has 1 aromatic heterocycles. The molecule has 0 radical (unpaired) electrons. The molecule has 1 rings (SSSR count). The predicted molar refractivity (Wildman–Crippen MR) is 69.4 cm³/mol. The summed E-state index contributed by atoms with van der Waals surface area (Å²) in [5.74, 6) is 0. The number of hydrogen-bond acceptors (Lipinski definition) is 1. The summed E-state index contributed by atoms with van der Waals surface area (Å²) >= 11 is 5.52. The van der Waals surface area contributed by atoms with Gasteiger partial charge in [-0.05, 0) is 36.1 Å². The molecule has 0 N–H and O–H groups in total. The zero-order valence-electron chi connectivity index (χ0n) is 9.05. The van der Waals surface area contributed by atoms with Crippen molar-refractivity contribution in [3.63, 3.8) is 0 Å². The highest BCUT2D eigenvalue weighted by molar-refractivity contribution is 9.09. The van der Waals surface area contributed by atoms with Gasteiger partial charge in [-0.25, -0.2) is 0 Å². The third kappa shape index (κ3) is 3.74. The average molecular weight is 275 g/mol. The summed E-state index contributed by atoms with van der Waals surface area (Å²) in [5, 5.41) is 3.29. The van der Waals surface area contributed by atoms with E-state index in [1.807, 2.05) is 11.3 Å². The third-order valence-electron chi connectivity index (χ3n) is 2.73. The molecule has 1 heterocycles. The van der Waals surface area contributed by atoms with E-state index in [9.17, 15) is 0 Å². The van der Waals surface area contributed by atoms with Crippen molar-refractivity contribution in [1.29, 1.82) is 0 Å². The molecule has 0 aromatic carbocycles. The molecule has 0 fully saturated rings. The quantitative estimate of drug-likeness (QED) is 0.649. The van der Waals surface area contributed by atoms with Crippen LogP contribution in [0, 0.1) is 5.41 Å². The lowest BCUT2D eigenvalue weighted by Crippen LogP contribution is -2.18. The molecule has 0 bridgehead atoms. The average Bonchev–Trinajstić information content (AvgIpc) is 2.68. The Morgan fingerprint density at radius 1 is 1.43 bits per heavy atom. The molecular weight excluding hydrogens is 256 g/mol. The second-order valence-electron chi connectivity index (χ2n) is 4.27. The van der Waals surface area contributed by atoms with Crippen molar-refractivity contribution in [1.82, 2.24) is 0 Å². The van der Waals surface area contributed by atoms with Crippen LogP contribution in [0.3, 0.4) is 0 Å². The summed E-state index contributed by atoms with van der Waals surface area (Å²) in [6.45, 7) is 4.66. The van der Waals surface area contributed by atoms with Gasteiger partial charge in [0.05, 0.1) is 0 Å². The minimum absolute atomic E-state index is 0.485. The van der Waals surface area contributed by atoms with Gasteiger partial charge in [0.15, 0.2) is 0 Å². The van der Waals surface area contributed by atoms with Crippen LogP contribution in [0.5, 0.6) is 0 Å². The van der Waals surface area contributed by atoms with E-state index in [0.29, 0.717) is 5.41 Å². The monoisotopic (exact) mass is 274 g/mol. The van der Waals surface area contributed by atoms with Crippen LogP contribution in [0.15, 0.2) is 17.5 Å². The summed E-state index contributed by atoms with van der Waals surface area (Å²) < 4.78 is 0. The molecule has 1 unspecified atom stereocenters. The van der Waals surface area contributed by atoms with E-state index < -0.39 is 0 Å². The maximum Gasteiger partial charge on any atom is 0.00854 e. The number of alkyl halides is 1. The number of thiophene rings is 1. The van der Waals surface area contributed by atoms with Crippen molar-refractivity contribution in [3.8, 4) is 0 Å². The van der Waals surface area contributed by atoms with Crippen molar-refractivity contribution in [3.05, 3.63) is 22.4 Å². The van der Waals surface area contributed by atoms with Gasteiger partial charge in [-0.3, -0.25) is 0 Å². The van der Waals surface area contributed by atoms with Gasteiger partial charge >= 0.3 is 0 Å². The van der Waals surface area contributed by atoms with E-state index in [2.05, 4.69) is 47.3 Å². The number of halogens is 1. The highest BCUT2D eigenvalue weighted by Crippen LogP contribution is 2.31. The molecule has 0 aliphatic heterocycles. The minimum Gasteiger partial charge on any atom is -0.149 e. The van der Waals surface area contributed by atoms with Gasteiger partial charge in [0.1, 0.15) is 0 Å². The summed E-state index contributed by atoms with van der Waals surface area (Å²) in [6, 6.07) is 4.39. The third-order valence-corrected chi connectivity index (χ3v) is 5.02. The van der Waals surface area contributed by atoms with E-state index in [0.717, 1.165) is 5.33 Å². The Hall–Kier alpha value is 0.180. The zero-order chi connectivity index (χ0) is 10.4. The van der Waals surface area contributed by atoms with E-state index in [4.69, 9.17) is 0 Å². The van der Waals surface area contributed by atoms with Gasteiger partial charge in [-0.2, -0.15) is 0 Å². The SMILES string of the molecule is CCCC(C)(CBr)CCc1cccs1. The minimum atomic E-state index is 0.485. The van der Waals surface area contributed by atoms with Crippen molar-refractivity contribution in [2.45, 2.75) is 39.5 Å². The molecule has 0 aliphatic carbocycles. The zero-order valence-corrected chi connectivity index (χ0v) is 11.5. The van der Waals surface area contributed by atoms with Crippen molar-refractivity contribution >= 4 is 27.3 Å². The van der Waals surface area contributed by atoms with Gasteiger partial charge in [0.25, 0.3) is 0 Å². The highest BCUT2D eigenvalue weighted by atomic mass is 79.9. The molecule has 2 heteroatoms. The van der Waals surface area contributed by atoms with Gasteiger partial charge in [-0.1, -0.05) is 42.3 Å². The fourth-order valence-electron chi connectivity index (χ4n) is 1.74.